The van der Waals surface area contributed by atoms with Crippen molar-refractivity contribution in [3.05, 3.63) is 42.1 Å². The topological polar surface area (TPSA) is 42.4 Å². The molecule has 1 aliphatic rings. The number of rotatable bonds is 3. The van der Waals surface area contributed by atoms with Gasteiger partial charge in [0.15, 0.2) is 0 Å². The molecule has 3 rings (SSSR count). The van der Waals surface area contributed by atoms with Gasteiger partial charge >= 0.3 is 0 Å². The smallest absolute Gasteiger partial charge is 0.0704 e. The van der Waals surface area contributed by atoms with Crippen molar-refractivity contribution >= 4 is 10.9 Å². The van der Waals surface area contributed by atoms with Crippen LogP contribution in [0, 0.1) is 5.92 Å². The molecule has 1 N–H and O–H groups in total. The lowest BCUT2D eigenvalue weighted by Crippen LogP contribution is -2.28. The number of aromatic nitrogens is 1. The Kier molecular flexibility index (Phi) is 3.76. The number of benzene rings is 1. The number of para-hydroxylation sites is 1. The van der Waals surface area contributed by atoms with Crippen molar-refractivity contribution in [2.75, 3.05) is 13.2 Å². The van der Waals surface area contributed by atoms with E-state index in [-0.39, 0.29) is 6.10 Å². The third-order valence-corrected chi connectivity index (χ3v) is 3.98. The summed E-state index contributed by atoms with van der Waals surface area (Å²) in [6.45, 7) is 1.55. The average molecular weight is 257 g/mol. The Morgan fingerprint density at radius 1 is 1.21 bits per heavy atom. The minimum Gasteiger partial charge on any atom is -0.392 e. The number of ether oxygens (including phenoxy) is 1. The molecule has 2 heterocycles. The van der Waals surface area contributed by atoms with E-state index in [1.165, 1.54) is 5.56 Å². The van der Waals surface area contributed by atoms with Crippen molar-refractivity contribution < 1.29 is 9.84 Å². The summed E-state index contributed by atoms with van der Waals surface area (Å²) in [4.78, 5) is 4.36. The number of pyridine rings is 1. The molecule has 1 aromatic heterocycles. The summed E-state index contributed by atoms with van der Waals surface area (Å²) in [6.07, 6.45) is 4.17. The normalized spacial score (nSPS) is 18.6. The molecule has 0 aliphatic carbocycles. The second-order valence-electron chi connectivity index (χ2n) is 5.21. The van der Waals surface area contributed by atoms with Gasteiger partial charge in [0.25, 0.3) is 0 Å². The first-order chi connectivity index (χ1) is 9.34. The van der Waals surface area contributed by atoms with E-state index in [0.717, 1.165) is 37.0 Å². The minimum absolute atomic E-state index is 0.283. The summed E-state index contributed by atoms with van der Waals surface area (Å²) in [5.41, 5.74) is 2.18. The van der Waals surface area contributed by atoms with Crippen molar-refractivity contribution in [1.82, 2.24) is 4.98 Å². The molecule has 1 aromatic carbocycles. The lowest BCUT2D eigenvalue weighted by molar-refractivity contribution is 0.00850. The molecule has 3 heteroatoms. The number of aliphatic hydroxyl groups is 1. The molecule has 0 radical (unpaired) electrons. The SMILES string of the molecule is OC(Cc1ccnc2ccccc12)C1CCOCC1. The number of fused-ring (bicyclic) bond motifs is 1. The van der Waals surface area contributed by atoms with Crippen molar-refractivity contribution in [2.45, 2.75) is 25.4 Å². The Balaban J connectivity index is 1.80. The fraction of sp³-hybridized carbons (Fsp3) is 0.438. The van der Waals surface area contributed by atoms with E-state index in [0.29, 0.717) is 12.3 Å². The zero-order chi connectivity index (χ0) is 13.1. The van der Waals surface area contributed by atoms with E-state index in [2.05, 4.69) is 11.1 Å². The molecule has 1 fully saturated rings. The third-order valence-electron chi connectivity index (χ3n) is 3.98. The van der Waals surface area contributed by atoms with E-state index in [1.807, 2.05) is 30.5 Å². The van der Waals surface area contributed by atoms with Crippen molar-refractivity contribution in [2.24, 2.45) is 5.92 Å². The maximum atomic E-state index is 10.4. The zero-order valence-corrected chi connectivity index (χ0v) is 11.0. The van der Waals surface area contributed by atoms with E-state index in [4.69, 9.17) is 4.74 Å². The van der Waals surface area contributed by atoms with Gasteiger partial charge in [-0.3, -0.25) is 4.98 Å². The van der Waals surface area contributed by atoms with Crippen LogP contribution in [0.2, 0.25) is 0 Å². The van der Waals surface area contributed by atoms with Crippen molar-refractivity contribution in [3.63, 3.8) is 0 Å². The first kappa shape index (κ1) is 12.6. The van der Waals surface area contributed by atoms with Gasteiger partial charge in [0.1, 0.15) is 0 Å². The standard InChI is InChI=1S/C16H19NO2/c18-16(12-6-9-19-10-7-12)11-13-5-8-17-15-4-2-1-3-14(13)15/h1-5,8,12,16,18H,6-7,9-11H2. The van der Waals surface area contributed by atoms with Crippen LogP contribution in [0.15, 0.2) is 36.5 Å². The van der Waals surface area contributed by atoms with Crippen LogP contribution in [0.3, 0.4) is 0 Å². The molecule has 2 aromatic rings. The minimum atomic E-state index is -0.283. The predicted molar refractivity (Wildman–Crippen MR) is 75.0 cm³/mol. The Hall–Kier alpha value is -1.45. The first-order valence-corrected chi connectivity index (χ1v) is 6.93. The van der Waals surface area contributed by atoms with Crippen LogP contribution in [0.5, 0.6) is 0 Å². The summed E-state index contributed by atoms with van der Waals surface area (Å²) >= 11 is 0. The van der Waals surface area contributed by atoms with Crippen molar-refractivity contribution in [1.29, 1.82) is 0 Å². The second kappa shape index (κ2) is 5.68. The second-order valence-corrected chi connectivity index (χ2v) is 5.21. The molecule has 3 nitrogen and oxygen atoms in total. The summed E-state index contributed by atoms with van der Waals surface area (Å²) in [5.74, 6) is 0.362. The molecule has 1 unspecified atom stereocenters. The fourth-order valence-electron chi connectivity index (χ4n) is 2.83. The first-order valence-electron chi connectivity index (χ1n) is 6.93. The highest BCUT2D eigenvalue weighted by Gasteiger charge is 2.22. The van der Waals surface area contributed by atoms with E-state index in [9.17, 15) is 5.11 Å². The molecular formula is C16H19NO2. The highest BCUT2D eigenvalue weighted by atomic mass is 16.5. The van der Waals surface area contributed by atoms with Gasteiger partial charge in [-0.2, -0.15) is 0 Å². The summed E-state index contributed by atoms with van der Waals surface area (Å²) in [7, 11) is 0. The highest BCUT2D eigenvalue weighted by molar-refractivity contribution is 5.81. The lowest BCUT2D eigenvalue weighted by Gasteiger charge is -2.27. The van der Waals surface area contributed by atoms with E-state index >= 15 is 0 Å². The molecule has 0 spiro atoms. The lowest BCUT2D eigenvalue weighted by atomic mass is 9.89. The van der Waals surface area contributed by atoms with Crippen LogP contribution in [0.4, 0.5) is 0 Å². The van der Waals surface area contributed by atoms with Crippen LogP contribution in [0.1, 0.15) is 18.4 Å². The molecule has 19 heavy (non-hydrogen) atoms. The largest absolute Gasteiger partial charge is 0.392 e. The average Bonchev–Trinajstić information content (AvgIpc) is 2.48. The van der Waals surface area contributed by atoms with Crippen LogP contribution in [-0.4, -0.2) is 29.4 Å². The number of hydrogen-bond donors (Lipinski definition) is 1. The highest BCUT2D eigenvalue weighted by Crippen LogP contribution is 2.24. The predicted octanol–water partition coefficient (Wildman–Crippen LogP) is 2.56. The number of nitrogens with zero attached hydrogens (tertiary/aromatic N) is 1. The van der Waals surface area contributed by atoms with Gasteiger partial charge < -0.3 is 9.84 Å². The monoisotopic (exact) mass is 257 g/mol. The molecule has 0 saturated carbocycles. The van der Waals surface area contributed by atoms with Crippen LogP contribution in [0.25, 0.3) is 10.9 Å². The Bertz CT molecular complexity index is 544. The summed E-state index contributed by atoms with van der Waals surface area (Å²) in [5, 5.41) is 11.6. The Morgan fingerprint density at radius 2 is 2.00 bits per heavy atom. The molecule has 1 saturated heterocycles. The quantitative estimate of drug-likeness (QED) is 0.919. The maximum absolute atomic E-state index is 10.4. The van der Waals surface area contributed by atoms with Gasteiger partial charge in [0.05, 0.1) is 11.6 Å². The van der Waals surface area contributed by atoms with Gasteiger partial charge in [0.2, 0.25) is 0 Å². The maximum Gasteiger partial charge on any atom is 0.0704 e. The van der Waals surface area contributed by atoms with Crippen molar-refractivity contribution in [3.8, 4) is 0 Å². The molecule has 1 aliphatic heterocycles. The Morgan fingerprint density at radius 3 is 2.84 bits per heavy atom. The molecule has 0 bridgehead atoms. The number of aliphatic hydroxyl groups excluding tert-OH is 1. The molecule has 100 valence electrons. The molecule has 0 amide bonds. The zero-order valence-electron chi connectivity index (χ0n) is 11.0. The van der Waals surface area contributed by atoms with Crippen LogP contribution in [-0.2, 0) is 11.2 Å². The molecule has 1 atom stereocenters. The van der Waals surface area contributed by atoms with Gasteiger partial charge in [-0.1, -0.05) is 18.2 Å². The van der Waals surface area contributed by atoms with E-state index < -0.39 is 0 Å². The van der Waals surface area contributed by atoms with Crippen LogP contribution >= 0.6 is 0 Å². The third kappa shape index (κ3) is 2.77. The van der Waals surface area contributed by atoms with Gasteiger partial charge in [0, 0.05) is 24.8 Å². The summed E-state index contributed by atoms with van der Waals surface area (Å²) in [6, 6.07) is 10.1. The van der Waals surface area contributed by atoms with Gasteiger partial charge in [-0.25, -0.2) is 0 Å². The van der Waals surface area contributed by atoms with E-state index in [1.54, 1.807) is 0 Å². The molecular weight excluding hydrogens is 238 g/mol. The Labute approximate surface area is 113 Å². The fourth-order valence-corrected chi connectivity index (χ4v) is 2.83. The summed E-state index contributed by atoms with van der Waals surface area (Å²) < 4.78 is 5.35. The van der Waals surface area contributed by atoms with Crippen LogP contribution < -0.4 is 0 Å². The van der Waals surface area contributed by atoms with Gasteiger partial charge in [-0.05, 0) is 42.9 Å². The number of hydrogen-bond acceptors (Lipinski definition) is 3. The van der Waals surface area contributed by atoms with Gasteiger partial charge in [-0.15, -0.1) is 0 Å².